The minimum atomic E-state index is -1.80. The third-order valence-electron chi connectivity index (χ3n) is 5.53. The number of carbonyl (C=O) groups excluding carboxylic acids is 2. The van der Waals surface area contributed by atoms with Crippen LogP contribution in [0, 0.1) is 5.41 Å². The van der Waals surface area contributed by atoms with Crippen LogP contribution < -0.4 is 5.73 Å². The molecule has 1 fully saturated rings. The average Bonchev–Trinajstić information content (AvgIpc) is 2.75. The van der Waals surface area contributed by atoms with E-state index in [1.165, 1.54) is 11.6 Å². The number of amides is 1. The van der Waals surface area contributed by atoms with Crippen molar-refractivity contribution in [2.45, 2.75) is 32.5 Å². The number of nitrogen functional groups attached to an aromatic ring is 1. The summed E-state index contributed by atoms with van der Waals surface area (Å²) >= 11 is 6.16. The first-order chi connectivity index (χ1) is 15.1. The van der Waals surface area contributed by atoms with E-state index in [-0.39, 0.29) is 34.2 Å². The fraction of sp³-hybridized carbons (Fsp3) is 0.318. The number of carboxylic acids is 1. The molecule has 1 aliphatic rings. The number of halogens is 1. The molecular weight excluding hydrogens is 434 g/mol. The molecule has 3 rings (SSSR count). The number of piperazine rings is 1. The zero-order valence-electron chi connectivity index (χ0n) is 17.7. The van der Waals surface area contributed by atoms with E-state index in [0.29, 0.717) is 13.1 Å². The zero-order chi connectivity index (χ0) is 23.6. The van der Waals surface area contributed by atoms with Crippen LogP contribution in [0.2, 0.25) is 5.15 Å². The van der Waals surface area contributed by atoms with Crippen molar-refractivity contribution >= 4 is 40.8 Å². The molecule has 10 heteroatoms. The molecule has 0 bridgehead atoms. The highest BCUT2D eigenvalue weighted by Gasteiger charge is 2.34. The normalized spacial score (nSPS) is 18.9. The van der Waals surface area contributed by atoms with Gasteiger partial charge in [0.2, 0.25) is 0 Å². The summed E-state index contributed by atoms with van der Waals surface area (Å²) in [7, 11) is 0. The molecule has 32 heavy (non-hydrogen) atoms. The third kappa shape index (κ3) is 4.79. The van der Waals surface area contributed by atoms with Gasteiger partial charge in [-0.25, -0.2) is 9.78 Å². The highest BCUT2D eigenvalue weighted by Crippen LogP contribution is 2.25. The van der Waals surface area contributed by atoms with E-state index in [2.05, 4.69) is 22.0 Å². The lowest BCUT2D eigenvalue weighted by Gasteiger charge is -2.44. The van der Waals surface area contributed by atoms with Crippen LogP contribution in [-0.4, -0.2) is 68.4 Å². The topological polar surface area (TPSA) is 141 Å². The Morgan fingerprint density at radius 3 is 2.44 bits per heavy atom. The van der Waals surface area contributed by atoms with Gasteiger partial charge >= 0.3 is 5.97 Å². The van der Waals surface area contributed by atoms with E-state index in [0.717, 1.165) is 6.54 Å². The predicted molar refractivity (Wildman–Crippen MR) is 120 cm³/mol. The maximum absolute atomic E-state index is 13.3. The highest BCUT2D eigenvalue weighted by atomic mass is 35.5. The van der Waals surface area contributed by atoms with E-state index >= 15 is 0 Å². The summed E-state index contributed by atoms with van der Waals surface area (Å²) in [5.41, 5.74) is 5.79. The van der Waals surface area contributed by atoms with Gasteiger partial charge in [-0.2, -0.15) is 0 Å². The molecule has 0 unspecified atom stereocenters. The van der Waals surface area contributed by atoms with Crippen molar-refractivity contribution in [3.05, 3.63) is 58.2 Å². The number of hydrogen-bond acceptors (Lipinski definition) is 7. The molecule has 168 valence electrons. The van der Waals surface area contributed by atoms with Gasteiger partial charge in [0.25, 0.3) is 11.7 Å². The molecule has 9 nitrogen and oxygen atoms in total. The number of carboxylic acid groups (broad SMARTS) is 1. The second-order valence-electron chi connectivity index (χ2n) is 7.84. The number of nitrogens with one attached hydrogen (secondary N) is 1. The van der Waals surface area contributed by atoms with Crippen molar-refractivity contribution < 1.29 is 19.5 Å². The lowest BCUT2D eigenvalue weighted by atomic mass is 10.0. The number of nitrogens with zero attached hydrogens (tertiary/aromatic N) is 3. The van der Waals surface area contributed by atoms with Gasteiger partial charge in [0.1, 0.15) is 16.7 Å². The van der Waals surface area contributed by atoms with E-state index in [1.54, 1.807) is 4.90 Å². The minimum Gasteiger partial charge on any atom is -0.475 e. The number of Topliss-reactive ketones (excluding diaryl/α,β-unsaturated/α-hetero) is 1. The van der Waals surface area contributed by atoms with Crippen molar-refractivity contribution in [1.29, 1.82) is 5.41 Å². The standard InChI is InChI=1S/C22H24ClN5O4/c1-12-10-28(13(2)9-27(12)11-14-6-4-3-5-7-14)21(30)16-8-15(20(25)26-19(16)23)17(24)18(29)22(31)32/h3-8,12-13,24H,9-11H2,1-2H3,(H2,25,26)(H,31,32)/t12-,13+/m0/s1. The Morgan fingerprint density at radius 2 is 1.81 bits per heavy atom. The second-order valence-corrected chi connectivity index (χ2v) is 8.20. The Bertz CT molecular complexity index is 1080. The number of pyridine rings is 1. The molecule has 4 N–H and O–H groups in total. The number of aliphatic carboxylic acids is 1. The van der Waals surface area contributed by atoms with Crippen LogP contribution in [0.5, 0.6) is 0 Å². The molecular formula is C22H24ClN5O4. The molecule has 1 aliphatic heterocycles. The lowest BCUT2D eigenvalue weighted by molar-refractivity contribution is -0.145. The summed E-state index contributed by atoms with van der Waals surface area (Å²) < 4.78 is 0. The van der Waals surface area contributed by atoms with Gasteiger partial charge in [-0.15, -0.1) is 0 Å². The number of aromatic nitrogens is 1. The largest absolute Gasteiger partial charge is 0.475 e. The highest BCUT2D eigenvalue weighted by molar-refractivity contribution is 6.66. The number of rotatable bonds is 6. The number of ketones is 1. The Labute approximate surface area is 190 Å². The first-order valence-electron chi connectivity index (χ1n) is 10.0. The molecule has 1 aromatic carbocycles. The molecule has 1 aromatic heterocycles. The second kappa shape index (κ2) is 9.46. The van der Waals surface area contributed by atoms with Gasteiger partial charge in [-0.05, 0) is 25.5 Å². The van der Waals surface area contributed by atoms with Crippen LogP contribution in [0.15, 0.2) is 36.4 Å². The van der Waals surface area contributed by atoms with E-state index in [1.807, 2.05) is 32.0 Å². The predicted octanol–water partition coefficient (Wildman–Crippen LogP) is 2.07. The summed E-state index contributed by atoms with van der Waals surface area (Å²) in [5.74, 6) is -3.96. The first kappa shape index (κ1) is 23.4. The molecule has 0 saturated carbocycles. The lowest BCUT2D eigenvalue weighted by Crippen LogP contribution is -2.57. The number of anilines is 1. The van der Waals surface area contributed by atoms with Crippen LogP contribution in [0.25, 0.3) is 0 Å². The molecule has 0 radical (unpaired) electrons. The van der Waals surface area contributed by atoms with Crippen LogP contribution in [0.4, 0.5) is 5.82 Å². The van der Waals surface area contributed by atoms with Crippen molar-refractivity contribution in [1.82, 2.24) is 14.8 Å². The number of nitrogens with two attached hydrogens (primary N) is 1. The maximum Gasteiger partial charge on any atom is 0.378 e. The Balaban J connectivity index is 1.83. The van der Waals surface area contributed by atoms with Gasteiger partial charge in [-0.3, -0.25) is 19.9 Å². The Kier molecular flexibility index (Phi) is 6.90. The summed E-state index contributed by atoms with van der Waals surface area (Å²) in [4.78, 5) is 43.8. The van der Waals surface area contributed by atoms with Crippen LogP contribution >= 0.6 is 11.6 Å². The summed E-state index contributed by atoms with van der Waals surface area (Å²) in [6.45, 7) is 5.80. The Morgan fingerprint density at radius 1 is 1.16 bits per heavy atom. The number of hydrogen-bond donors (Lipinski definition) is 3. The van der Waals surface area contributed by atoms with Gasteiger partial charge in [-0.1, -0.05) is 41.9 Å². The van der Waals surface area contributed by atoms with Crippen molar-refractivity contribution in [2.75, 3.05) is 18.8 Å². The van der Waals surface area contributed by atoms with Crippen molar-refractivity contribution in [3.63, 3.8) is 0 Å². The summed E-state index contributed by atoms with van der Waals surface area (Å²) in [5, 5.41) is 16.5. The van der Waals surface area contributed by atoms with Crippen LogP contribution in [-0.2, 0) is 16.1 Å². The fourth-order valence-electron chi connectivity index (χ4n) is 3.76. The molecule has 0 spiro atoms. The molecule has 2 aromatic rings. The molecule has 2 heterocycles. The summed E-state index contributed by atoms with van der Waals surface area (Å²) in [6.07, 6.45) is 0. The van der Waals surface area contributed by atoms with Gasteiger partial charge in [0.15, 0.2) is 0 Å². The monoisotopic (exact) mass is 457 g/mol. The van der Waals surface area contributed by atoms with Gasteiger partial charge in [0.05, 0.1) is 5.56 Å². The van der Waals surface area contributed by atoms with Gasteiger partial charge in [0, 0.05) is 37.3 Å². The third-order valence-corrected chi connectivity index (χ3v) is 5.82. The van der Waals surface area contributed by atoms with Crippen molar-refractivity contribution in [2.24, 2.45) is 0 Å². The minimum absolute atomic E-state index is 0.0330. The molecule has 1 amide bonds. The average molecular weight is 458 g/mol. The quantitative estimate of drug-likeness (QED) is 0.342. The maximum atomic E-state index is 13.3. The van der Waals surface area contributed by atoms with E-state index < -0.39 is 23.4 Å². The molecule has 1 saturated heterocycles. The van der Waals surface area contributed by atoms with Crippen molar-refractivity contribution in [3.8, 4) is 0 Å². The Hall–Kier alpha value is -3.30. The summed E-state index contributed by atoms with van der Waals surface area (Å²) in [6, 6.07) is 11.2. The van der Waals surface area contributed by atoms with Crippen LogP contribution in [0.3, 0.4) is 0 Å². The first-order valence-corrected chi connectivity index (χ1v) is 10.4. The van der Waals surface area contributed by atoms with E-state index in [4.69, 9.17) is 27.9 Å². The molecule has 2 atom stereocenters. The SMILES string of the molecule is C[C@@H]1CN(Cc2ccccc2)[C@@H](C)CN1C(=O)c1cc(C(=N)C(=O)C(=O)O)c(N)nc1Cl. The number of carbonyl (C=O) groups is 3. The van der Waals surface area contributed by atoms with Crippen LogP contribution in [0.1, 0.15) is 35.3 Å². The zero-order valence-corrected chi connectivity index (χ0v) is 18.5. The number of benzene rings is 1. The fourth-order valence-corrected chi connectivity index (χ4v) is 3.98. The van der Waals surface area contributed by atoms with Gasteiger partial charge < -0.3 is 15.7 Å². The molecule has 0 aliphatic carbocycles. The van der Waals surface area contributed by atoms with E-state index in [9.17, 15) is 14.4 Å². The smallest absolute Gasteiger partial charge is 0.378 e.